The quantitative estimate of drug-likeness (QED) is 0.635. The second kappa shape index (κ2) is 6.13. The lowest BCUT2D eigenvalue weighted by Crippen LogP contribution is -2.12. The third-order valence-corrected chi connectivity index (χ3v) is 3.62. The Hall–Kier alpha value is -2.08. The monoisotopic (exact) mass is 352 g/mol. The van der Waals surface area contributed by atoms with Gasteiger partial charge in [0.15, 0.2) is 11.5 Å². The molecule has 0 aliphatic heterocycles. The average molecular weight is 353 g/mol. The van der Waals surface area contributed by atoms with Gasteiger partial charge in [-0.1, -0.05) is 15.9 Å². The lowest BCUT2D eigenvalue weighted by Gasteiger charge is -2.19. The maximum absolute atomic E-state index is 9.82. The summed E-state index contributed by atoms with van der Waals surface area (Å²) in [7, 11) is 3.89. The molecule has 0 heterocycles. The van der Waals surface area contributed by atoms with Crippen molar-refractivity contribution in [2.75, 3.05) is 24.3 Å². The number of aromatic hydroxyl groups is 3. The number of hydrogen-bond acceptors (Lipinski definition) is 5. The molecule has 0 saturated carbocycles. The van der Waals surface area contributed by atoms with Crippen LogP contribution >= 0.6 is 15.9 Å². The SMILES string of the molecule is CN(C)c1ccc(Br)cc1NCc1ccc(O)c(O)c1O. The fraction of sp³-hybridized carbons (Fsp3) is 0.200. The van der Waals surface area contributed by atoms with E-state index in [1.54, 1.807) is 6.07 Å². The van der Waals surface area contributed by atoms with Crippen LogP contribution in [-0.4, -0.2) is 29.4 Å². The lowest BCUT2D eigenvalue weighted by molar-refractivity contribution is 0.365. The predicted octanol–water partition coefficient (Wildman–Crippen LogP) is 3.24. The molecule has 0 spiro atoms. The molecule has 0 fully saturated rings. The van der Waals surface area contributed by atoms with E-state index in [1.165, 1.54) is 6.07 Å². The summed E-state index contributed by atoms with van der Waals surface area (Å²) in [6.07, 6.45) is 0. The molecule has 0 aliphatic carbocycles. The minimum Gasteiger partial charge on any atom is -0.504 e. The number of hydrogen-bond donors (Lipinski definition) is 4. The molecule has 2 aromatic carbocycles. The molecule has 112 valence electrons. The molecule has 0 unspecified atom stereocenters. The van der Waals surface area contributed by atoms with Crippen LogP contribution in [0.15, 0.2) is 34.8 Å². The second-order valence-electron chi connectivity index (χ2n) is 4.85. The molecule has 0 amide bonds. The van der Waals surface area contributed by atoms with Crippen molar-refractivity contribution in [3.63, 3.8) is 0 Å². The van der Waals surface area contributed by atoms with Crippen LogP contribution in [0.3, 0.4) is 0 Å². The smallest absolute Gasteiger partial charge is 0.200 e. The highest BCUT2D eigenvalue weighted by Crippen LogP contribution is 2.37. The van der Waals surface area contributed by atoms with E-state index in [0.29, 0.717) is 12.1 Å². The molecule has 2 aromatic rings. The highest BCUT2D eigenvalue weighted by Gasteiger charge is 2.12. The molecule has 0 aliphatic rings. The minimum absolute atomic E-state index is 0.316. The van der Waals surface area contributed by atoms with Crippen molar-refractivity contribution < 1.29 is 15.3 Å². The van der Waals surface area contributed by atoms with Crippen molar-refractivity contribution in [2.45, 2.75) is 6.54 Å². The van der Waals surface area contributed by atoms with Gasteiger partial charge in [-0.25, -0.2) is 0 Å². The van der Waals surface area contributed by atoms with Crippen LogP contribution in [0, 0.1) is 0 Å². The largest absolute Gasteiger partial charge is 0.504 e. The number of anilines is 2. The van der Waals surface area contributed by atoms with Gasteiger partial charge in [-0.15, -0.1) is 0 Å². The molecule has 6 heteroatoms. The zero-order valence-corrected chi connectivity index (χ0v) is 13.3. The molecule has 5 nitrogen and oxygen atoms in total. The van der Waals surface area contributed by atoms with E-state index in [0.717, 1.165) is 15.8 Å². The van der Waals surface area contributed by atoms with E-state index in [1.807, 2.05) is 37.2 Å². The Morgan fingerprint density at radius 2 is 1.76 bits per heavy atom. The fourth-order valence-corrected chi connectivity index (χ4v) is 2.34. The molecule has 0 aromatic heterocycles. The van der Waals surface area contributed by atoms with Crippen molar-refractivity contribution in [1.29, 1.82) is 0 Å². The van der Waals surface area contributed by atoms with Gasteiger partial charge in [0.2, 0.25) is 5.75 Å². The Labute approximate surface area is 131 Å². The van der Waals surface area contributed by atoms with Gasteiger partial charge >= 0.3 is 0 Å². The van der Waals surface area contributed by atoms with Crippen LogP contribution in [0.2, 0.25) is 0 Å². The first-order valence-corrected chi connectivity index (χ1v) is 7.13. The third kappa shape index (κ3) is 3.33. The zero-order chi connectivity index (χ0) is 15.6. The van der Waals surface area contributed by atoms with Crippen molar-refractivity contribution in [3.8, 4) is 17.2 Å². The van der Waals surface area contributed by atoms with Crippen LogP contribution in [0.25, 0.3) is 0 Å². The average Bonchev–Trinajstić information content (AvgIpc) is 2.44. The number of phenolic OH excluding ortho intramolecular Hbond substituents is 3. The zero-order valence-electron chi connectivity index (χ0n) is 11.8. The van der Waals surface area contributed by atoms with E-state index in [9.17, 15) is 15.3 Å². The summed E-state index contributed by atoms with van der Waals surface area (Å²) < 4.78 is 0.938. The number of halogens is 1. The summed E-state index contributed by atoms with van der Waals surface area (Å²) in [5, 5.41) is 31.9. The van der Waals surface area contributed by atoms with Crippen LogP contribution < -0.4 is 10.2 Å². The third-order valence-electron chi connectivity index (χ3n) is 3.12. The lowest BCUT2D eigenvalue weighted by atomic mass is 10.1. The molecule has 2 rings (SSSR count). The summed E-state index contributed by atoms with van der Waals surface area (Å²) in [4.78, 5) is 1.98. The summed E-state index contributed by atoms with van der Waals surface area (Å²) in [6, 6.07) is 8.77. The van der Waals surface area contributed by atoms with E-state index in [4.69, 9.17) is 0 Å². The van der Waals surface area contributed by atoms with Gasteiger partial charge in [0, 0.05) is 30.7 Å². The molecule has 0 atom stereocenters. The van der Waals surface area contributed by atoms with Gasteiger partial charge in [-0.3, -0.25) is 0 Å². The number of nitrogens with zero attached hydrogens (tertiary/aromatic N) is 1. The Morgan fingerprint density at radius 3 is 2.43 bits per heavy atom. The first-order valence-electron chi connectivity index (χ1n) is 6.33. The molecular weight excluding hydrogens is 336 g/mol. The van der Waals surface area contributed by atoms with E-state index < -0.39 is 5.75 Å². The highest BCUT2D eigenvalue weighted by molar-refractivity contribution is 9.10. The second-order valence-corrected chi connectivity index (χ2v) is 5.77. The van der Waals surface area contributed by atoms with Gasteiger partial charge in [-0.05, 0) is 30.3 Å². The van der Waals surface area contributed by atoms with Gasteiger partial charge in [0.1, 0.15) is 0 Å². The molecule has 21 heavy (non-hydrogen) atoms. The summed E-state index contributed by atoms with van der Waals surface area (Å²) in [5.41, 5.74) is 2.39. The van der Waals surface area contributed by atoms with Gasteiger partial charge in [-0.2, -0.15) is 0 Å². The first kappa shape index (κ1) is 15.3. The predicted molar refractivity (Wildman–Crippen MR) is 87.2 cm³/mol. The Morgan fingerprint density at radius 1 is 1.05 bits per heavy atom. The van der Waals surface area contributed by atoms with E-state index >= 15 is 0 Å². The Balaban J connectivity index is 2.24. The number of phenols is 3. The number of nitrogens with one attached hydrogen (secondary N) is 1. The summed E-state index contributed by atoms with van der Waals surface area (Å²) in [6.45, 7) is 0.316. The summed E-state index contributed by atoms with van der Waals surface area (Å²) >= 11 is 3.43. The Bertz CT molecular complexity index is 660. The highest BCUT2D eigenvalue weighted by atomic mass is 79.9. The normalized spacial score (nSPS) is 10.4. The van der Waals surface area contributed by atoms with Gasteiger partial charge in [0.25, 0.3) is 0 Å². The molecule has 0 saturated heterocycles. The number of rotatable bonds is 4. The molecule has 0 bridgehead atoms. The van der Waals surface area contributed by atoms with Crippen molar-refractivity contribution in [3.05, 3.63) is 40.4 Å². The summed E-state index contributed by atoms with van der Waals surface area (Å²) in [5.74, 6) is -1.16. The first-order chi connectivity index (χ1) is 9.90. The van der Waals surface area contributed by atoms with Crippen LogP contribution in [-0.2, 0) is 6.54 Å². The molecular formula is C15H17BrN2O3. The fourth-order valence-electron chi connectivity index (χ4n) is 1.98. The van der Waals surface area contributed by atoms with Crippen molar-refractivity contribution in [1.82, 2.24) is 0 Å². The standard InChI is InChI=1S/C15H17BrN2O3/c1-18(2)12-5-4-10(16)7-11(12)17-8-9-3-6-13(19)15(21)14(9)20/h3-7,17,19-21H,8H2,1-2H3. The minimum atomic E-state index is -0.503. The van der Waals surface area contributed by atoms with Crippen molar-refractivity contribution >= 4 is 27.3 Å². The van der Waals surface area contributed by atoms with E-state index in [2.05, 4.69) is 21.2 Å². The molecule has 0 radical (unpaired) electrons. The van der Waals surface area contributed by atoms with E-state index in [-0.39, 0.29) is 11.5 Å². The van der Waals surface area contributed by atoms with Crippen LogP contribution in [0.5, 0.6) is 17.2 Å². The van der Waals surface area contributed by atoms with Crippen molar-refractivity contribution in [2.24, 2.45) is 0 Å². The van der Waals surface area contributed by atoms with Crippen LogP contribution in [0.4, 0.5) is 11.4 Å². The topological polar surface area (TPSA) is 76.0 Å². The maximum Gasteiger partial charge on any atom is 0.200 e. The van der Waals surface area contributed by atoms with Gasteiger partial charge in [0.05, 0.1) is 11.4 Å². The Kier molecular flexibility index (Phi) is 4.47. The number of benzene rings is 2. The van der Waals surface area contributed by atoms with Crippen LogP contribution in [0.1, 0.15) is 5.56 Å². The van der Waals surface area contributed by atoms with Gasteiger partial charge < -0.3 is 25.5 Å². The maximum atomic E-state index is 9.82. The molecule has 4 N–H and O–H groups in total.